The molecule has 0 fully saturated rings. The molecule has 2 N–H and O–H groups in total. The first kappa shape index (κ1) is 22.6. The number of carbonyl (C=O) groups excluding carboxylic acids is 2. The molecule has 152 valence electrons. The Hall–Kier alpha value is -2.48. The number of hydrogen-bond donors (Lipinski definition) is 2. The maximum absolute atomic E-state index is 12.2. The summed E-state index contributed by atoms with van der Waals surface area (Å²) in [5, 5.41) is 12.9. The SMILES string of the molecule is CCOc1cc(CC(NC(=O)OC)C(O)C(=O)OC(C)(C)C)ccc1OC. The van der Waals surface area contributed by atoms with E-state index in [0.717, 1.165) is 5.56 Å². The molecule has 0 radical (unpaired) electrons. The van der Waals surface area contributed by atoms with Crippen molar-refractivity contribution in [3.8, 4) is 11.5 Å². The number of benzene rings is 1. The Morgan fingerprint density at radius 2 is 1.85 bits per heavy atom. The molecule has 2 atom stereocenters. The van der Waals surface area contributed by atoms with Crippen LogP contribution in [-0.2, 0) is 20.7 Å². The van der Waals surface area contributed by atoms with Crippen molar-refractivity contribution in [1.82, 2.24) is 5.32 Å². The normalized spacial score (nSPS) is 13.3. The van der Waals surface area contributed by atoms with Crippen molar-refractivity contribution >= 4 is 12.1 Å². The van der Waals surface area contributed by atoms with Crippen molar-refractivity contribution in [2.24, 2.45) is 0 Å². The Morgan fingerprint density at radius 1 is 1.19 bits per heavy atom. The third-order valence-electron chi connectivity index (χ3n) is 3.50. The van der Waals surface area contributed by atoms with Gasteiger partial charge in [0.15, 0.2) is 17.6 Å². The third kappa shape index (κ3) is 7.34. The number of nitrogens with one attached hydrogen (secondary N) is 1. The van der Waals surface area contributed by atoms with Gasteiger partial charge in [0.2, 0.25) is 0 Å². The van der Waals surface area contributed by atoms with E-state index >= 15 is 0 Å². The van der Waals surface area contributed by atoms with Gasteiger partial charge in [-0.15, -0.1) is 0 Å². The lowest BCUT2D eigenvalue weighted by atomic mass is 10.0. The van der Waals surface area contributed by atoms with Gasteiger partial charge < -0.3 is 29.4 Å². The van der Waals surface area contributed by atoms with Gasteiger partial charge in [-0.05, 0) is 51.8 Å². The molecule has 27 heavy (non-hydrogen) atoms. The van der Waals surface area contributed by atoms with E-state index in [1.54, 1.807) is 39.0 Å². The lowest BCUT2D eigenvalue weighted by molar-refractivity contribution is -0.166. The summed E-state index contributed by atoms with van der Waals surface area (Å²) in [7, 11) is 2.73. The smallest absolute Gasteiger partial charge is 0.407 e. The van der Waals surface area contributed by atoms with Crippen LogP contribution < -0.4 is 14.8 Å². The molecular weight excluding hydrogens is 354 g/mol. The summed E-state index contributed by atoms with van der Waals surface area (Å²) < 4.78 is 20.6. The van der Waals surface area contributed by atoms with Gasteiger partial charge in [0.25, 0.3) is 0 Å². The van der Waals surface area contributed by atoms with E-state index < -0.39 is 29.8 Å². The number of aliphatic hydroxyl groups is 1. The zero-order valence-electron chi connectivity index (χ0n) is 16.7. The number of carbonyl (C=O) groups is 2. The molecule has 1 aromatic rings. The highest BCUT2D eigenvalue weighted by molar-refractivity contribution is 5.77. The van der Waals surface area contributed by atoms with Gasteiger partial charge in [0.1, 0.15) is 5.60 Å². The van der Waals surface area contributed by atoms with Crippen LogP contribution in [0.1, 0.15) is 33.3 Å². The number of esters is 1. The summed E-state index contributed by atoms with van der Waals surface area (Å²) in [6.07, 6.45) is -2.18. The predicted octanol–water partition coefficient (Wildman–Crippen LogP) is 2.06. The summed E-state index contributed by atoms with van der Waals surface area (Å²) in [5.41, 5.74) is -0.0425. The van der Waals surface area contributed by atoms with Crippen molar-refractivity contribution in [3.05, 3.63) is 23.8 Å². The zero-order chi connectivity index (χ0) is 20.6. The third-order valence-corrected chi connectivity index (χ3v) is 3.50. The van der Waals surface area contributed by atoms with Crippen LogP contribution in [0.3, 0.4) is 0 Å². The van der Waals surface area contributed by atoms with Crippen molar-refractivity contribution in [2.45, 2.75) is 51.9 Å². The van der Waals surface area contributed by atoms with E-state index in [1.165, 1.54) is 14.2 Å². The molecule has 0 saturated carbocycles. The number of hydrogen-bond acceptors (Lipinski definition) is 7. The first-order valence-corrected chi connectivity index (χ1v) is 8.66. The fourth-order valence-electron chi connectivity index (χ4n) is 2.35. The molecule has 1 aromatic carbocycles. The van der Waals surface area contributed by atoms with Crippen molar-refractivity contribution < 1.29 is 33.6 Å². The summed E-state index contributed by atoms with van der Waals surface area (Å²) in [4.78, 5) is 23.9. The minimum atomic E-state index is -1.57. The first-order valence-electron chi connectivity index (χ1n) is 8.66. The van der Waals surface area contributed by atoms with Crippen LogP contribution >= 0.6 is 0 Å². The quantitative estimate of drug-likeness (QED) is 0.662. The predicted molar refractivity (Wildman–Crippen MR) is 99.0 cm³/mol. The molecular formula is C19H29NO7. The van der Waals surface area contributed by atoms with Crippen LogP contribution in [0.5, 0.6) is 11.5 Å². The van der Waals surface area contributed by atoms with E-state index in [4.69, 9.17) is 14.2 Å². The summed E-state index contributed by atoms with van der Waals surface area (Å²) in [5.74, 6) is 0.259. The fourth-order valence-corrected chi connectivity index (χ4v) is 2.35. The second-order valence-corrected chi connectivity index (χ2v) is 6.84. The Balaban J connectivity index is 3.05. The Morgan fingerprint density at radius 3 is 2.37 bits per heavy atom. The van der Waals surface area contributed by atoms with Gasteiger partial charge in [-0.1, -0.05) is 6.07 Å². The molecule has 1 rings (SSSR count). The first-order chi connectivity index (χ1) is 12.6. The highest BCUT2D eigenvalue weighted by atomic mass is 16.6. The topological polar surface area (TPSA) is 103 Å². The van der Waals surface area contributed by atoms with E-state index in [1.807, 2.05) is 6.92 Å². The Labute approximate surface area is 159 Å². The zero-order valence-corrected chi connectivity index (χ0v) is 16.7. The average Bonchev–Trinajstić information content (AvgIpc) is 2.59. The van der Waals surface area contributed by atoms with Gasteiger partial charge >= 0.3 is 12.1 Å². The molecule has 0 aliphatic rings. The molecule has 8 nitrogen and oxygen atoms in total. The number of methoxy groups -OCH3 is 2. The molecule has 2 unspecified atom stereocenters. The summed E-state index contributed by atoms with van der Waals surface area (Å²) >= 11 is 0. The largest absolute Gasteiger partial charge is 0.493 e. The van der Waals surface area contributed by atoms with E-state index in [0.29, 0.717) is 18.1 Å². The molecule has 0 aromatic heterocycles. The minimum Gasteiger partial charge on any atom is -0.493 e. The fraction of sp³-hybridized carbons (Fsp3) is 0.579. The van der Waals surface area contributed by atoms with Gasteiger partial charge in [0.05, 0.1) is 26.9 Å². The number of ether oxygens (including phenoxy) is 4. The minimum absolute atomic E-state index is 0.152. The molecule has 0 bridgehead atoms. The van der Waals surface area contributed by atoms with E-state index in [9.17, 15) is 14.7 Å². The second kappa shape index (κ2) is 10.0. The number of amides is 1. The lowest BCUT2D eigenvalue weighted by Gasteiger charge is -2.26. The monoisotopic (exact) mass is 383 g/mol. The van der Waals surface area contributed by atoms with E-state index in [2.05, 4.69) is 10.1 Å². The van der Waals surface area contributed by atoms with Crippen LogP contribution in [0.4, 0.5) is 4.79 Å². The standard InChI is InChI=1S/C19H29NO7/c1-7-26-15-11-12(8-9-14(15)24-5)10-13(20-18(23)25-6)16(21)17(22)27-19(2,3)4/h8-9,11,13,16,21H,7,10H2,1-6H3,(H,20,23). The van der Waals surface area contributed by atoms with Gasteiger partial charge in [-0.2, -0.15) is 0 Å². The maximum atomic E-state index is 12.2. The Bertz CT molecular complexity index is 639. The van der Waals surface area contributed by atoms with Crippen LogP contribution in [0.25, 0.3) is 0 Å². The van der Waals surface area contributed by atoms with Crippen LogP contribution in [0.2, 0.25) is 0 Å². The lowest BCUT2D eigenvalue weighted by Crippen LogP contribution is -2.50. The highest BCUT2D eigenvalue weighted by Gasteiger charge is 2.32. The van der Waals surface area contributed by atoms with Crippen molar-refractivity contribution in [2.75, 3.05) is 20.8 Å². The summed E-state index contributed by atoms with van der Waals surface area (Å²) in [6.45, 7) is 7.37. The van der Waals surface area contributed by atoms with Gasteiger partial charge in [-0.3, -0.25) is 0 Å². The van der Waals surface area contributed by atoms with Gasteiger partial charge in [-0.25, -0.2) is 9.59 Å². The van der Waals surface area contributed by atoms with Crippen LogP contribution in [-0.4, -0.2) is 55.7 Å². The molecule has 1 amide bonds. The molecule has 0 spiro atoms. The Kier molecular flexibility index (Phi) is 8.36. The average molecular weight is 383 g/mol. The molecule has 0 saturated heterocycles. The molecule has 8 heteroatoms. The number of alkyl carbamates (subject to hydrolysis) is 1. The molecule has 0 heterocycles. The number of aliphatic hydroxyl groups excluding tert-OH is 1. The molecule has 0 aliphatic heterocycles. The molecule has 0 aliphatic carbocycles. The second-order valence-electron chi connectivity index (χ2n) is 6.84. The van der Waals surface area contributed by atoms with Gasteiger partial charge in [0, 0.05) is 0 Å². The van der Waals surface area contributed by atoms with Crippen LogP contribution in [0.15, 0.2) is 18.2 Å². The maximum Gasteiger partial charge on any atom is 0.407 e. The summed E-state index contributed by atoms with van der Waals surface area (Å²) in [6, 6.07) is 4.26. The van der Waals surface area contributed by atoms with Crippen molar-refractivity contribution in [3.63, 3.8) is 0 Å². The van der Waals surface area contributed by atoms with Crippen LogP contribution in [0, 0.1) is 0 Å². The van der Waals surface area contributed by atoms with Crippen molar-refractivity contribution in [1.29, 1.82) is 0 Å². The number of rotatable bonds is 8. The van der Waals surface area contributed by atoms with E-state index in [-0.39, 0.29) is 6.42 Å². The highest BCUT2D eigenvalue weighted by Crippen LogP contribution is 2.28.